The third-order valence-corrected chi connectivity index (χ3v) is 9.55. The molecule has 4 fully saturated rings. The number of pyridine rings is 3. The zero-order valence-electron chi connectivity index (χ0n) is 22.1. The molecule has 202 valence electrons. The highest BCUT2D eigenvalue weighted by Gasteiger charge is 2.52. The van der Waals surface area contributed by atoms with E-state index in [2.05, 4.69) is 27.0 Å². The second kappa shape index (κ2) is 8.60. The monoisotopic (exact) mass is 528 g/mol. The average molecular weight is 529 g/mol. The SMILES string of the molecule is O=c1c2cncc(N3CC4(CCOCC4)C3)c2ccn1Cc1cn2cc(CN3CC4(CC(F)C4)C3)ccc2n1. The molecule has 8 rings (SSSR count). The van der Waals surface area contributed by atoms with Crippen molar-refractivity contribution < 1.29 is 9.13 Å². The molecular formula is C30H33FN6O2. The Labute approximate surface area is 226 Å². The number of likely N-dealkylation sites (tertiary alicyclic amines) is 1. The number of imidazole rings is 1. The van der Waals surface area contributed by atoms with Crippen molar-refractivity contribution in [3.05, 3.63) is 70.8 Å². The highest BCUT2D eigenvalue weighted by atomic mass is 19.1. The van der Waals surface area contributed by atoms with Gasteiger partial charge < -0.3 is 18.6 Å². The number of ether oxygens (including phenoxy) is 1. The molecule has 1 aliphatic carbocycles. The molecule has 8 nitrogen and oxygen atoms in total. The van der Waals surface area contributed by atoms with Crippen LogP contribution in [0.25, 0.3) is 16.4 Å². The molecule has 4 aromatic heterocycles. The lowest BCUT2D eigenvalue weighted by Gasteiger charge is -2.57. The van der Waals surface area contributed by atoms with E-state index in [4.69, 9.17) is 9.72 Å². The fourth-order valence-corrected chi connectivity index (χ4v) is 7.47. The predicted molar refractivity (Wildman–Crippen MR) is 147 cm³/mol. The lowest BCUT2D eigenvalue weighted by atomic mass is 9.62. The molecule has 0 unspecified atom stereocenters. The molecule has 7 heterocycles. The van der Waals surface area contributed by atoms with Gasteiger partial charge in [0.1, 0.15) is 11.8 Å². The Balaban J connectivity index is 0.989. The summed E-state index contributed by atoms with van der Waals surface area (Å²) < 4.78 is 22.6. The number of anilines is 1. The summed E-state index contributed by atoms with van der Waals surface area (Å²) in [6, 6.07) is 6.20. The van der Waals surface area contributed by atoms with Crippen LogP contribution in [0.3, 0.4) is 0 Å². The van der Waals surface area contributed by atoms with Crippen molar-refractivity contribution in [1.82, 2.24) is 23.8 Å². The second-order valence-corrected chi connectivity index (χ2v) is 12.5. The van der Waals surface area contributed by atoms with Crippen LogP contribution in [0.4, 0.5) is 10.1 Å². The molecule has 0 bridgehead atoms. The largest absolute Gasteiger partial charge is 0.381 e. The van der Waals surface area contributed by atoms with Gasteiger partial charge in [0.2, 0.25) is 0 Å². The van der Waals surface area contributed by atoms with Crippen LogP contribution in [0.5, 0.6) is 0 Å². The number of fused-ring (bicyclic) bond motifs is 2. The van der Waals surface area contributed by atoms with E-state index >= 15 is 0 Å². The van der Waals surface area contributed by atoms with Crippen LogP contribution < -0.4 is 10.5 Å². The smallest absolute Gasteiger partial charge is 0.260 e. The minimum Gasteiger partial charge on any atom is -0.381 e. The van der Waals surface area contributed by atoms with Crippen molar-refractivity contribution in [2.75, 3.05) is 44.3 Å². The summed E-state index contributed by atoms with van der Waals surface area (Å²) in [7, 11) is 0. The van der Waals surface area contributed by atoms with E-state index in [1.807, 2.05) is 35.1 Å². The van der Waals surface area contributed by atoms with Crippen molar-refractivity contribution in [3.8, 4) is 0 Å². The molecule has 2 spiro atoms. The zero-order chi connectivity index (χ0) is 26.2. The summed E-state index contributed by atoms with van der Waals surface area (Å²) in [5.74, 6) is 0. The van der Waals surface area contributed by atoms with Crippen LogP contribution in [0.15, 0.2) is 54.0 Å². The third-order valence-electron chi connectivity index (χ3n) is 9.55. The highest BCUT2D eigenvalue weighted by molar-refractivity contribution is 5.93. The van der Waals surface area contributed by atoms with Gasteiger partial charge in [-0.3, -0.25) is 14.7 Å². The quantitative estimate of drug-likeness (QED) is 0.394. The van der Waals surface area contributed by atoms with Gasteiger partial charge in [0.05, 0.1) is 29.5 Å². The van der Waals surface area contributed by atoms with Crippen LogP contribution in [-0.2, 0) is 17.8 Å². The van der Waals surface area contributed by atoms with Crippen molar-refractivity contribution in [1.29, 1.82) is 0 Å². The van der Waals surface area contributed by atoms with Gasteiger partial charge >= 0.3 is 0 Å². The molecule has 0 radical (unpaired) electrons. The van der Waals surface area contributed by atoms with Crippen molar-refractivity contribution in [3.63, 3.8) is 0 Å². The van der Waals surface area contributed by atoms with E-state index < -0.39 is 6.17 Å². The molecule has 0 N–H and O–H groups in total. The molecule has 4 aliphatic rings. The minimum absolute atomic E-state index is 0.0425. The van der Waals surface area contributed by atoms with E-state index in [0.717, 1.165) is 94.0 Å². The molecule has 1 saturated carbocycles. The molecular weight excluding hydrogens is 495 g/mol. The number of alkyl halides is 1. The summed E-state index contributed by atoms with van der Waals surface area (Å²) in [5, 5.41) is 1.61. The normalized spacial score (nSPS) is 22.3. The first kappa shape index (κ1) is 23.6. The molecule has 3 saturated heterocycles. The zero-order valence-corrected chi connectivity index (χ0v) is 22.1. The van der Waals surface area contributed by atoms with Crippen LogP contribution in [0.1, 0.15) is 36.9 Å². The summed E-state index contributed by atoms with van der Waals surface area (Å²) >= 11 is 0. The van der Waals surface area contributed by atoms with Gasteiger partial charge in [-0.15, -0.1) is 0 Å². The summed E-state index contributed by atoms with van der Waals surface area (Å²) in [6.45, 7) is 6.96. The maximum absolute atomic E-state index is 13.5. The molecule has 39 heavy (non-hydrogen) atoms. The van der Waals surface area contributed by atoms with Crippen molar-refractivity contribution in [2.45, 2.75) is 44.9 Å². The fraction of sp³-hybridized carbons (Fsp3) is 0.500. The maximum atomic E-state index is 13.5. The first-order valence-corrected chi connectivity index (χ1v) is 14.1. The van der Waals surface area contributed by atoms with Crippen molar-refractivity contribution in [2.24, 2.45) is 10.8 Å². The fourth-order valence-electron chi connectivity index (χ4n) is 7.47. The number of halogens is 1. The molecule has 0 aromatic carbocycles. The van der Waals surface area contributed by atoms with E-state index in [0.29, 0.717) is 17.3 Å². The summed E-state index contributed by atoms with van der Waals surface area (Å²) in [5.41, 5.74) is 4.53. The molecule has 0 amide bonds. The van der Waals surface area contributed by atoms with Crippen LogP contribution in [-0.4, -0.2) is 69.4 Å². The average Bonchev–Trinajstić information content (AvgIpc) is 3.29. The summed E-state index contributed by atoms with van der Waals surface area (Å²) in [6.07, 6.45) is 12.7. The Bertz CT molecular complexity index is 1620. The van der Waals surface area contributed by atoms with Crippen LogP contribution in [0.2, 0.25) is 0 Å². The van der Waals surface area contributed by atoms with E-state index in [-0.39, 0.29) is 11.0 Å². The number of rotatable bonds is 5. The number of hydrogen-bond acceptors (Lipinski definition) is 6. The topological polar surface area (TPSA) is 67.9 Å². The van der Waals surface area contributed by atoms with Gasteiger partial charge in [0.25, 0.3) is 5.56 Å². The number of aromatic nitrogens is 4. The number of nitrogens with zero attached hydrogens (tertiary/aromatic N) is 6. The second-order valence-electron chi connectivity index (χ2n) is 12.5. The Hall–Kier alpha value is -3.30. The first-order valence-electron chi connectivity index (χ1n) is 14.1. The summed E-state index contributed by atoms with van der Waals surface area (Å²) in [4.78, 5) is 27.4. The standard InChI is InChI=1S/C30H33FN6O2/c31-22-9-30(10-22)17-34(18-30)13-21-1-2-27-33-23(16-36(27)14-21)15-35-6-3-24-25(28(35)38)11-32-12-26(24)37-19-29(20-37)4-7-39-8-5-29/h1-3,6,11-12,14,16,22H,4-5,7-10,13,15,17-20H2. The first-order chi connectivity index (χ1) is 19.0. The van der Waals surface area contributed by atoms with Gasteiger partial charge in [0, 0.05) is 86.9 Å². The molecule has 9 heteroatoms. The van der Waals surface area contributed by atoms with Crippen LogP contribution >= 0.6 is 0 Å². The van der Waals surface area contributed by atoms with Gasteiger partial charge in [0.15, 0.2) is 0 Å². The highest BCUT2D eigenvalue weighted by Crippen LogP contribution is 2.50. The van der Waals surface area contributed by atoms with Crippen molar-refractivity contribution >= 4 is 22.1 Å². The minimum atomic E-state index is -0.591. The van der Waals surface area contributed by atoms with Gasteiger partial charge in [-0.1, -0.05) is 6.07 Å². The lowest BCUT2D eigenvalue weighted by molar-refractivity contribution is -0.106. The van der Waals surface area contributed by atoms with Gasteiger partial charge in [-0.2, -0.15) is 0 Å². The van der Waals surface area contributed by atoms with E-state index in [1.54, 1.807) is 10.8 Å². The Kier molecular flexibility index (Phi) is 5.20. The lowest BCUT2D eigenvalue weighted by Crippen LogP contribution is -2.62. The Morgan fingerprint density at radius 3 is 2.56 bits per heavy atom. The molecule has 3 aliphatic heterocycles. The predicted octanol–water partition coefficient (Wildman–Crippen LogP) is 3.64. The van der Waals surface area contributed by atoms with Crippen LogP contribution in [0, 0.1) is 10.8 Å². The van der Waals surface area contributed by atoms with Gasteiger partial charge in [-0.05, 0) is 43.4 Å². The van der Waals surface area contributed by atoms with Gasteiger partial charge in [-0.25, -0.2) is 9.37 Å². The molecule has 0 atom stereocenters. The number of hydrogen-bond donors (Lipinski definition) is 0. The molecule has 4 aromatic rings. The Morgan fingerprint density at radius 1 is 0.949 bits per heavy atom. The maximum Gasteiger partial charge on any atom is 0.260 e. The van der Waals surface area contributed by atoms with E-state index in [9.17, 15) is 9.18 Å². The third kappa shape index (κ3) is 3.97. The Morgan fingerprint density at radius 2 is 1.77 bits per heavy atom. The van der Waals surface area contributed by atoms with E-state index in [1.165, 1.54) is 5.56 Å².